The van der Waals surface area contributed by atoms with E-state index in [-0.39, 0.29) is 5.91 Å². The van der Waals surface area contributed by atoms with Crippen LogP contribution in [-0.4, -0.2) is 16.6 Å². The lowest BCUT2D eigenvalue weighted by molar-refractivity contribution is -0.122. The van der Waals surface area contributed by atoms with Gasteiger partial charge in [-0.2, -0.15) is 0 Å². The van der Waals surface area contributed by atoms with Crippen molar-refractivity contribution in [3.05, 3.63) is 11.8 Å². The number of carbonyl (C=O) groups excluding carboxylic acids is 1. The molecule has 0 unspecified atom stereocenters. The predicted octanol–water partition coefficient (Wildman–Crippen LogP) is 1.58. The molecule has 1 fully saturated rings. The highest BCUT2D eigenvalue weighted by Crippen LogP contribution is 2.27. The van der Waals surface area contributed by atoms with Gasteiger partial charge in [0.25, 0.3) is 0 Å². The summed E-state index contributed by atoms with van der Waals surface area (Å²) >= 11 is 0. The third-order valence-corrected chi connectivity index (χ3v) is 3.07. The largest absolute Gasteiger partial charge is 0.360 e. The van der Waals surface area contributed by atoms with Crippen LogP contribution in [0.5, 0.6) is 0 Å². The fourth-order valence-corrected chi connectivity index (χ4v) is 2.08. The molecule has 1 aromatic heterocycles. The number of anilines is 1. The van der Waals surface area contributed by atoms with Crippen LogP contribution in [0.1, 0.15) is 37.9 Å². The molecule has 5 heteroatoms. The minimum Gasteiger partial charge on any atom is -0.360 e. The Morgan fingerprint density at radius 2 is 2.19 bits per heavy atom. The van der Waals surface area contributed by atoms with Crippen molar-refractivity contribution in [3.8, 4) is 0 Å². The Morgan fingerprint density at radius 1 is 1.50 bits per heavy atom. The van der Waals surface area contributed by atoms with Gasteiger partial charge in [0.05, 0.1) is 5.54 Å². The summed E-state index contributed by atoms with van der Waals surface area (Å²) in [5.41, 5.74) is 5.36. The summed E-state index contributed by atoms with van der Waals surface area (Å²) in [4.78, 5) is 12.0. The van der Waals surface area contributed by atoms with Crippen LogP contribution >= 0.6 is 0 Å². The van der Waals surface area contributed by atoms with Crippen LogP contribution in [0.25, 0.3) is 0 Å². The highest BCUT2D eigenvalue weighted by atomic mass is 16.5. The Labute approximate surface area is 94.4 Å². The molecule has 1 heterocycles. The van der Waals surface area contributed by atoms with Crippen molar-refractivity contribution in [1.29, 1.82) is 0 Å². The normalized spacial score (nSPS) is 19.4. The first kappa shape index (κ1) is 11.1. The Bertz CT molecular complexity index is 380. The molecule has 0 bridgehead atoms. The number of hydrogen-bond acceptors (Lipinski definition) is 4. The maximum Gasteiger partial charge on any atom is 0.245 e. The van der Waals surface area contributed by atoms with Crippen molar-refractivity contribution in [2.75, 3.05) is 5.32 Å². The van der Waals surface area contributed by atoms with Crippen molar-refractivity contribution in [3.63, 3.8) is 0 Å². The van der Waals surface area contributed by atoms with Crippen LogP contribution in [-0.2, 0) is 4.79 Å². The van der Waals surface area contributed by atoms with Gasteiger partial charge < -0.3 is 15.6 Å². The molecule has 0 radical (unpaired) electrons. The van der Waals surface area contributed by atoms with E-state index < -0.39 is 5.54 Å². The molecule has 1 aromatic rings. The van der Waals surface area contributed by atoms with Crippen LogP contribution in [0.4, 0.5) is 5.82 Å². The van der Waals surface area contributed by atoms with E-state index in [1.165, 1.54) is 0 Å². The van der Waals surface area contributed by atoms with E-state index in [4.69, 9.17) is 10.3 Å². The molecule has 16 heavy (non-hydrogen) atoms. The second-order valence-corrected chi connectivity index (χ2v) is 4.49. The molecular weight excluding hydrogens is 206 g/mol. The monoisotopic (exact) mass is 223 g/mol. The molecule has 0 aliphatic heterocycles. The van der Waals surface area contributed by atoms with Gasteiger partial charge in [-0.25, -0.2) is 0 Å². The van der Waals surface area contributed by atoms with E-state index in [1.807, 2.05) is 0 Å². The van der Waals surface area contributed by atoms with Gasteiger partial charge >= 0.3 is 0 Å². The molecular formula is C11H17N3O2. The minimum absolute atomic E-state index is 0.152. The number of rotatable bonds is 2. The van der Waals surface area contributed by atoms with Gasteiger partial charge in [-0.05, 0) is 19.8 Å². The van der Waals surface area contributed by atoms with E-state index in [1.54, 1.807) is 13.0 Å². The summed E-state index contributed by atoms with van der Waals surface area (Å²) in [6.45, 7) is 1.78. The molecule has 0 aromatic carbocycles. The molecule has 2 rings (SSSR count). The van der Waals surface area contributed by atoms with Gasteiger partial charge in [-0.3, -0.25) is 4.79 Å². The van der Waals surface area contributed by atoms with Gasteiger partial charge in [0.15, 0.2) is 5.82 Å². The molecule has 0 saturated heterocycles. The third kappa shape index (κ3) is 2.24. The van der Waals surface area contributed by atoms with Crippen LogP contribution < -0.4 is 11.1 Å². The van der Waals surface area contributed by atoms with Crippen LogP contribution in [0, 0.1) is 6.92 Å². The molecule has 1 aliphatic rings. The molecule has 1 saturated carbocycles. The van der Waals surface area contributed by atoms with Crippen molar-refractivity contribution < 1.29 is 9.32 Å². The molecule has 1 aliphatic carbocycles. The number of nitrogens with one attached hydrogen (secondary N) is 1. The lowest BCUT2D eigenvalue weighted by Crippen LogP contribution is -2.52. The van der Waals surface area contributed by atoms with Crippen LogP contribution in [0.15, 0.2) is 10.6 Å². The lowest BCUT2D eigenvalue weighted by atomic mass is 9.82. The number of hydrogen-bond donors (Lipinski definition) is 2. The maximum atomic E-state index is 12.0. The number of amides is 1. The zero-order valence-electron chi connectivity index (χ0n) is 9.45. The predicted molar refractivity (Wildman–Crippen MR) is 59.9 cm³/mol. The van der Waals surface area contributed by atoms with Crippen molar-refractivity contribution in [2.45, 2.75) is 44.6 Å². The average molecular weight is 223 g/mol. The summed E-state index contributed by atoms with van der Waals surface area (Å²) in [5.74, 6) is 0.961. The molecule has 1 amide bonds. The fraction of sp³-hybridized carbons (Fsp3) is 0.636. The van der Waals surface area contributed by atoms with Crippen LogP contribution in [0.3, 0.4) is 0 Å². The smallest absolute Gasteiger partial charge is 0.245 e. The number of nitrogens with two attached hydrogens (primary N) is 1. The summed E-state index contributed by atoms with van der Waals surface area (Å²) in [6.07, 6.45) is 4.68. The first-order valence-corrected chi connectivity index (χ1v) is 5.64. The first-order chi connectivity index (χ1) is 7.60. The quantitative estimate of drug-likeness (QED) is 0.797. The van der Waals surface area contributed by atoms with Gasteiger partial charge in [-0.15, -0.1) is 0 Å². The summed E-state index contributed by atoms with van der Waals surface area (Å²) in [5, 5.41) is 6.42. The number of carbonyl (C=O) groups is 1. The third-order valence-electron chi connectivity index (χ3n) is 3.07. The average Bonchev–Trinajstić information content (AvgIpc) is 2.65. The van der Waals surface area contributed by atoms with Crippen molar-refractivity contribution in [1.82, 2.24) is 5.16 Å². The Balaban J connectivity index is 2.01. The SMILES string of the molecule is Cc1cc(NC(=O)C2(N)CCCCC2)no1. The second-order valence-electron chi connectivity index (χ2n) is 4.49. The number of aromatic nitrogens is 1. The summed E-state index contributed by atoms with van der Waals surface area (Å²) in [6, 6.07) is 1.68. The van der Waals surface area contributed by atoms with E-state index in [0.29, 0.717) is 11.6 Å². The molecule has 88 valence electrons. The molecule has 0 spiro atoms. The minimum atomic E-state index is -0.731. The molecule has 0 atom stereocenters. The van der Waals surface area contributed by atoms with Crippen molar-refractivity contribution in [2.24, 2.45) is 5.73 Å². The van der Waals surface area contributed by atoms with E-state index >= 15 is 0 Å². The molecule has 5 nitrogen and oxygen atoms in total. The van der Waals surface area contributed by atoms with Gasteiger partial charge in [0.1, 0.15) is 5.76 Å². The van der Waals surface area contributed by atoms with E-state index in [0.717, 1.165) is 32.1 Å². The fourth-order valence-electron chi connectivity index (χ4n) is 2.08. The molecule has 3 N–H and O–H groups in total. The van der Waals surface area contributed by atoms with Gasteiger partial charge in [0.2, 0.25) is 5.91 Å². The standard InChI is InChI=1S/C11H17N3O2/c1-8-7-9(14-16-8)13-10(15)11(12)5-3-2-4-6-11/h7H,2-6,12H2,1H3,(H,13,14,15). The van der Waals surface area contributed by atoms with Crippen LogP contribution in [0.2, 0.25) is 0 Å². The van der Waals surface area contributed by atoms with Gasteiger partial charge in [-0.1, -0.05) is 24.4 Å². The van der Waals surface area contributed by atoms with Gasteiger partial charge in [0, 0.05) is 6.07 Å². The first-order valence-electron chi connectivity index (χ1n) is 5.64. The van der Waals surface area contributed by atoms with E-state index in [2.05, 4.69) is 10.5 Å². The topological polar surface area (TPSA) is 81.2 Å². The van der Waals surface area contributed by atoms with Crippen molar-refractivity contribution >= 4 is 11.7 Å². The highest BCUT2D eigenvalue weighted by Gasteiger charge is 2.35. The zero-order valence-corrected chi connectivity index (χ0v) is 9.45. The number of nitrogens with zero attached hydrogens (tertiary/aromatic N) is 1. The maximum absolute atomic E-state index is 12.0. The number of aryl methyl sites for hydroxylation is 1. The Kier molecular flexibility index (Phi) is 2.96. The van der Waals surface area contributed by atoms with E-state index in [9.17, 15) is 4.79 Å². The highest BCUT2D eigenvalue weighted by molar-refractivity contribution is 5.97. The zero-order chi connectivity index (χ0) is 11.6. The summed E-state index contributed by atoms with van der Waals surface area (Å²) in [7, 11) is 0. The Morgan fingerprint density at radius 3 is 2.75 bits per heavy atom. The second kappa shape index (κ2) is 4.25. The Hall–Kier alpha value is -1.36. The summed E-state index contributed by atoms with van der Waals surface area (Å²) < 4.78 is 4.88. The lowest BCUT2D eigenvalue weighted by Gasteiger charge is -2.31.